The van der Waals surface area contributed by atoms with E-state index < -0.39 is 13.0 Å². The van der Waals surface area contributed by atoms with Crippen molar-refractivity contribution in [2.45, 2.75) is 117 Å². The van der Waals surface area contributed by atoms with Gasteiger partial charge in [-0.3, -0.25) is 4.90 Å². The van der Waals surface area contributed by atoms with Crippen molar-refractivity contribution >= 4 is 34.2 Å². The summed E-state index contributed by atoms with van der Waals surface area (Å²) in [7, 11) is -2.09. The van der Waals surface area contributed by atoms with Gasteiger partial charge in [0.15, 0.2) is 0 Å². The molecule has 0 N–H and O–H groups in total. The third kappa shape index (κ3) is 6.76. The van der Waals surface area contributed by atoms with Gasteiger partial charge in [-0.25, -0.2) is 13.2 Å². The minimum atomic E-state index is -3.38. The number of halogens is 1. The summed E-state index contributed by atoms with van der Waals surface area (Å²) in [4.78, 5) is 15.0. The maximum absolute atomic E-state index is 12.3. The average molecular weight is 650 g/mol. The van der Waals surface area contributed by atoms with E-state index >= 15 is 0 Å². The Morgan fingerprint density at radius 1 is 0.919 bits per heavy atom. The van der Waals surface area contributed by atoms with Gasteiger partial charge in [0.1, 0.15) is 6.23 Å². The van der Waals surface area contributed by atoms with Gasteiger partial charge in [-0.15, -0.1) is 0 Å². The van der Waals surface area contributed by atoms with Crippen molar-refractivity contribution in [1.29, 1.82) is 0 Å². The molecule has 8 heteroatoms. The van der Waals surface area contributed by atoms with Gasteiger partial charge in [-0.05, 0) is 91.9 Å². The third-order valence-electron chi connectivity index (χ3n) is 10.0. The topological polar surface area (TPSA) is 72.9 Å². The monoisotopic (exact) mass is 649 g/mol. The molecular weight excluding hydrogens is 601 g/mol. The third-order valence-corrected chi connectivity index (χ3v) is 11.6. The quantitative estimate of drug-likeness (QED) is 0.150. The van der Waals surface area contributed by atoms with Crippen molar-refractivity contribution in [3.63, 3.8) is 0 Å². The van der Waals surface area contributed by atoms with Gasteiger partial charge in [-0.1, -0.05) is 41.5 Å². The van der Waals surface area contributed by atoms with E-state index in [4.69, 9.17) is 9.47 Å². The largest absolute Gasteiger partial charge is 0.466 e. The molecule has 37 heavy (non-hydrogen) atoms. The second-order valence-electron chi connectivity index (χ2n) is 14.2. The van der Waals surface area contributed by atoms with Gasteiger partial charge in [0.25, 0.3) is 0 Å². The van der Waals surface area contributed by atoms with Gasteiger partial charge in [0.2, 0.25) is 7.01 Å². The highest BCUT2D eigenvalue weighted by atomic mass is 127. The van der Waals surface area contributed by atoms with Gasteiger partial charge in [-0.2, -0.15) is 0 Å². The van der Waals surface area contributed by atoms with Crippen LogP contribution in [0.3, 0.4) is 0 Å². The van der Waals surface area contributed by atoms with Crippen molar-refractivity contribution < 1.29 is 22.7 Å². The van der Waals surface area contributed by atoms with Crippen molar-refractivity contribution in [2.24, 2.45) is 34.5 Å². The molecule has 4 rings (SSSR count). The Kier molecular flexibility index (Phi) is 8.85. The van der Waals surface area contributed by atoms with Gasteiger partial charge >= 0.3 is 5.97 Å². The molecule has 2 saturated carbocycles. The van der Waals surface area contributed by atoms with Crippen LogP contribution in [0.5, 0.6) is 0 Å². The Morgan fingerprint density at radius 2 is 1.43 bits per heavy atom. The molecule has 6 nitrogen and oxygen atoms in total. The molecule has 0 radical (unpaired) electrons. The summed E-state index contributed by atoms with van der Waals surface area (Å²) < 4.78 is 35.3. The zero-order valence-corrected chi connectivity index (χ0v) is 26.8. The van der Waals surface area contributed by atoms with Crippen LogP contribution in [0, 0.1) is 34.5 Å². The lowest BCUT2D eigenvalue weighted by Crippen LogP contribution is -2.48. The highest BCUT2D eigenvalue weighted by Crippen LogP contribution is 2.57. The lowest BCUT2D eigenvalue weighted by atomic mass is 9.61. The predicted molar refractivity (Wildman–Crippen MR) is 156 cm³/mol. The summed E-state index contributed by atoms with van der Waals surface area (Å²) in [6, 6.07) is 1.13. The smallest absolute Gasteiger partial charge is 0.334 e. The van der Waals surface area contributed by atoms with Gasteiger partial charge in [0.05, 0.1) is 45.7 Å². The fourth-order valence-electron chi connectivity index (χ4n) is 7.99. The highest BCUT2D eigenvalue weighted by molar-refractivity contribution is 14.2. The van der Waals surface area contributed by atoms with Crippen LogP contribution in [-0.2, 0) is 21.3 Å². The Labute approximate surface area is 237 Å². The minimum absolute atomic E-state index is 0.0382. The second-order valence-corrected chi connectivity index (χ2v) is 19.6. The molecule has 0 spiro atoms. The summed E-state index contributed by atoms with van der Waals surface area (Å²) in [5.74, 6) is 2.06. The van der Waals surface area contributed by atoms with Crippen LogP contribution in [-0.4, -0.2) is 56.6 Å². The number of nitrogens with zero attached hydrogens (tertiary/aromatic N) is 1. The van der Waals surface area contributed by atoms with E-state index in [0.717, 1.165) is 36.5 Å². The molecule has 0 bridgehead atoms. The SMILES string of the molecule is COC(=O)/C(=C/C1CCC(N2C3CCC(C(C)(C)C)CC3C3CC(C(C)(C)C)CCC32)O1)CS(=O)(=O)I. The first-order chi connectivity index (χ1) is 17.1. The van der Waals surface area contributed by atoms with Crippen molar-refractivity contribution in [2.75, 3.05) is 12.9 Å². The van der Waals surface area contributed by atoms with Crippen molar-refractivity contribution in [1.82, 2.24) is 4.90 Å². The number of ether oxygens (including phenoxy) is 2. The maximum atomic E-state index is 12.3. The molecule has 2 heterocycles. The molecule has 0 aromatic carbocycles. The van der Waals surface area contributed by atoms with E-state index in [0.29, 0.717) is 22.9 Å². The van der Waals surface area contributed by atoms with Crippen LogP contribution in [0.25, 0.3) is 0 Å². The molecule has 8 atom stereocenters. The van der Waals surface area contributed by atoms with Crippen LogP contribution >= 0.6 is 21.2 Å². The molecule has 0 aromatic rings. The van der Waals surface area contributed by atoms with Crippen LogP contribution in [0.2, 0.25) is 0 Å². The number of fused-ring (bicyclic) bond motifs is 3. The van der Waals surface area contributed by atoms with Crippen molar-refractivity contribution in [3.05, 3.63) is 11.6 Å². The number of carbonyl (C=O) groups is 1. The first kappa shape index (κ1) is 29.8. The van der Waals surface area contributed by atoms with E-state index in [1.807, 2.05) is 0 Å². The van der Waals surface area contributed by atoms with Gasteiger partial charge in [0, 0.05) is 12.1 Å². The van der Waals surface area contributed by atoms with E-state index in [9.17, 15) is 13.2 Å². The van der Waals surface area contributed by atoms with Crippen molar-refractivity contribution in [3.8, 4) is 0 Å². The molecule has 4 aliphatic rings. The van der Waals surface area contributed by atoms with E-state index in [1.54, 1.807) is 6.08 Å². The number of esters is 1. The Morgan fingerprint density at radius 3 is 1.86 bits per heavy atom. The molecule has 0 aromatic heterocycles. The van der Waals surface area contributed by atoms with E-state index in [2.05, 4.69) is 46.4 Å². The van der Waals surface area contributed by atoms with E-state index in [-0.39, 0.29) is 23.7 Å². The Hall–Kier alpha value is -0.190. The molecule has 2 saturated heterocycles. The molecule has 2 aliphatic heterocycles. The lowest BCUT2D eigenvalue weighted by Gasteiger charge is -2.44. The summed E-state index contributed by atoms with van der Waals surface area (Å²) >= 11 is 1.39. The Balaban J connectivity index is 1.56. The summed E-state index contributed by atoms with van der Waals surface area (Å²) in [6.07, 6.45) is 10.9. The zero-order valence-electron chi connectivity index (χ0n) is 23.8. The summed E-state index contributed by atoms with van der Waals surface area (Å²) in [6.45, 7) is 14.5. The highest BCUT2D eigenvalue weighted by Gasteiger charge is 2.56. The van der Waals surface area contributed by atoms with E-state index in [1.165, 1.54) is 66.8 Å². The first-order valence-corrected chi connectivity index (χ1v) is 18.4. The Bertz CT molecular complexity index is 943. The fraction of sp³-hybridized carbons (Fsp3) is 0.897. The number of carbonyl (C=O) groups excluding carboxylic acids is 1. The number of hydrogen-bond acceptors (Lipinski definition) is 6. The van der Waals surface area contributed by atoms with Crippen LogP contribution in [0.15, 0.2) is 11.6 Å². The summed E-state index contributed by atoms with van der Waals surface area (Å²) in [5.41, 5.74) is 0.861. The molecule has 4 fully saturated rings. The first-order valence-electron chi connectivity index (χ1n) is 14.2. The molecule has 212 valence electrons. The predicted octanol–water partition coefficient (Wildman–Crippen LogP) is 6.33. The fourth-order valence-corrected chi connectivity index (χ4v) is 9.58. The van der Waals surface area contributed by atoms with Gasteiger partial charge < -0.3 is 9.47 Å². The standard InChI is InChI=1S/C29H48INO5S/c1-28(2,3)19-8-11-24-22(15-19)23-16-20(29(4,5)6)9-12-25(23)31(24)26-13-10-21(36-26)14-18(27(32)35-7)17-37(30,33)34/h14,19-26H,8-13,15-17H2,1-7H3/b18-14+. The number of likely N-dealkylation sites (tertiary alicyclic amines) is 1. The summed E-state index contributed by atoms with van der Waals surface area (Å²) in [5, 5.41) is 0. The molecule has 8 unspecified atom stereocenters. The number of rotatable bonds is 5. The normalized spacial score (nSPS) is 37.8. The minimum Gasteiger partial charge on any atom is -0.466 e. The lowest BCUT2D eigenvalue weighted by molar-refractivity contribution is -0.136. The van der Waals surface area contributed by atoms with Crippen LogP contribution in [0.1, 0.15) is 92.9 Å². The zero-order chi connectivity index (χ0) is 27.3. The van der Waals surface area contributed by atoms with Crippen LogP contribution in [0.4, 0.5) is 0 Å². The molecular formula is C29H48INO5S. The number of hydrogen-bond donors (Lipinski definition) is 0. The second kappa shape index (κ2) is 11.0. The molecule has 2 aliphatic carbocycles. The average Bonchev–Trinajstić information content (AvgIpc) is 3.37. The molecule has 0 amide bonds. The maximum Gasteiger partial charge on any atom is 0.334 e. The number of methoxy groups -OCH3 is 1. The van der Waals surface area contributed by atoms with Crippen LogP contribution < -0.4 is 0 Å².